The molecule has 10 heteroatoms. The van der Waals surface area contributed by atoms with Crippen molar-refractivity contribution in [2.45, 2.75) is 61.9 Å². The fourth-order valence-corrected chi connectivity index (χ4v) is 7.08. The summed E-state index contributed by atoms with van der Waals surface area (Å²) in [6.45, 7) is 5.08. The Kier molecular flexibility index (Phi) is 7.70. The Morgan fingerprint density at radius 2 is 1.64 bits per heavy atom. The molecule has 1 aromatic heterocycles. The molecule has 36 heavy (non-hydrogen) atoms. The first-order chi connectivity index (χ1) is 17.5. The van der Waals surface area contributed by atoms with Crippen molar-refractivity contribution in [2.75, 3.05) is 49.5 Å². The number of sulfonamides is 1. The molecule has 5 rings (SSSR count). The molecule has 4 heterocycles. The molecule has 3 fully saturated rings. The number of aromatic nitrogens is 2. The number of nitrogens with zero attached hydrogens (tertiary/aromatic N) is 6. The number of anilines is 2. The van der Waals surface area contributed by atoms with Gasteiger partial charge in [-0.05, 0) is 62.4 Å². The molecule has 2 aromatic rings. The van der Waals surface area contributed by atoms with Crippen LogP contribution in [0.2, 0.25) is 0 Å². The van der Waals surface area contributed by atoms with E-state index < -0.39 is 10.0 Å². The molecule has 3 saturated heterocycles. The minimum absolute atomic E-state index is 0.257. The van der Waals surface area contributed by atoms with E-state index in [9.17, 15) is 8.42 Å². The summed E-state index contributed by atoms with van der Waals surface area (Å²) < 4.78 is 27.6. The van der Waals surface area contributed by atoms with Gasteiger partial charge in [-0.3, -0.25) is 4.90 Å². The van der Waals surface area contributed by atoms with Crippen molar-refractivity contribution in [3.63, 3.8) is 0 Å². The van der Waals surface area contributed by atoms with Crippen molar-refractivity contribution in [3.05, 3.63) is 42.1 Å². The second-order valence-electron chi connectivity index (χ2n) is 10.0. The van der Waals surface area contributed by atoms with Crippen molar-refractivity contribution < 1.29 is 8.42 Å². The van der Waals surface area contributed by atoms with Crippen LogP contribution in [0.4, 0.5) is 11.8 Å². The maximum Gasteiger partial charge on any atom is 0.243 e. The van der Waals surface area contributed by atoms with E-state index in [1.54, 1.807) is 16.4 Å². The van der Waals surface area contributed by atoms with Crippen molar-refractivity contribution in [1.29, 1.82) is 5.26 Å². The second-order valence-corrected chi connectivity index (χ2v) is 12.0. The van der Waals surface area contributed by atoms with Gasteiger partial charge in [-0.15, -0.1) is 0 Å². The highest BCUT2D eigenvalue weighted by atomic mass is 32.2. The topological polar surface area (TPSA) is 105 Å². The third kappa shape index (κ3) is 5.64. The highest BCUT2D eigenvalue weighted by Gasteiger charge is 2.34. The normalized spacial score (nSPS) is 22.8. The monoisotopic (exact) mass is 509 g/mol. The fraction of sp³-hybridized carbons (Fsp3) is 0.577. The van der Waals surface area contributed by atoms with Crippen LogP contribution >= 0.6 is 0 Å². The van der Waals surface area contributed by atoms with Gasteiger partial charge in [0.05, 0.1) is 16.5 Å². The molecule has 1 aromatic carbocycles. The highest BCUT2D eigenvalue weighted by molar-refractivity contribution is 7.89. The average Bonchev–Trinajstić information content (AvgIpc) is 3.20. The lowest BCUT2D eigenvalue weighted by Gasteiger charge is -2.36. The van der Waals surface area contributed by atoms with Crippen LogP contribution in [0.25, 0.3) is 0 Å². The van der Waals surface area contributed by atoms with E-state index in [0.717, 1.165) is 51.3 Å². The zero-order chi connectivity index (χ0) is 25.0. The molecule has 192 valence electrons. The van der Waals surface area contributed by atoms with Crippen molar-refractivity contribution in [1.82, 2.24) is 19.2 Å². The maximum atomic E-state index is 13.0. The van der Waals surface area contributed by atoms with Gasteiger partial charge in [0.15, 0.2) is 0 Å². The molecule has 0 spiro atoms. The molecule has 9 nitrogen and oxygen atoms in total. The fourth-order valence-electron chi connectivity index (χ4n) is 5.61. The molecule has 0 amide bonds. The van der Waals surface area contributed by atoms with Gasteiger partial charge in [0, 0.05) is 57.5 Å². The van der Waals surface area contributed by atoms with Gasteiger partial charge in [0.25, 0.3) is 0 Å². The number of benzene rings is 1. The predicted molar refractivity (Wildman–Crippen MR) is 139 cm³/mol. The van der Waals surface area contributed by atoms with Crippen LogP contribution in [-0.4, -0.2) is 78.9 Å². The van der Waals surface area contributed by atoms with Crippen LogP contribution in [0, 0.1) is 11.3 Å². The van der Waals surface area contributed by atoms with Gasteiger partial charge in [-0.2, -0.15) is 14.6 Å². The summed E-state index contributed by atoms with van der Waals surface area (Å²) in [6, 6.07) is 10.9. The van der Waals surface area contributed by atoms with Crippen LogP contribution in [-0.2, 0) is 10.0 Å². The number of piperidine rings is 1. The van der Waals surface area contributed by atoms with Crippen molar-refractivity contribution >= 4 is 21.8 Å². The Morgan fingerprint density at radius 1 is 0.917 bits per heavy atom. The molecule has 0 bridgehead atoms. The van der Waals surface area contributed by atoms with E-state index >= 15 is 0 Å². The second kappa shape index (κ2) is 11.1. The molecule has 3 aliphatic rings. The summed E-state index contributed by atoms with van der Waals surface area (Å²) in [5, 5.41) is 12.5. The van der Waals surface area contributed by atoms with Crippen molar-refractivity contribution in [2.24, 2.45) is 0 Å². The van der Waals surface area contributed by atoms with Crippen LogP contribution in [0.3, 0.4) is 0 Å². The van der Waals surface area contributed by atoms with Crippen molar-refractivity contribution in [3.8, 4) is 6.07 Å². The molecule has 3 aliphatic heterocycles. The molecular weight excluding hydrogens is 474 g/mol. The Morgan fingerprint density at radius 3 is 2.33 bits per heavy atom. The Bertz CT molecular complexity index is 1170. The summed E-state index contributed by atoms with van der Waals surface area (Å²) in [4.78, 5) is 14.4. The van der Waals surface area contributed by atoms with Gasteiger partial charge in [0.1, 0.15) is 5.82 Å². The van der Waals surface area contributed by atoms with E-state index in [1.165, 1.54) is 37.8 Å². The van der Waals surface area contributed by atoms with Crippen LogP contribution in [0.15, 0.2) is 41.4 Å². The number of rotatable bonds is 6. The summed E-state index contributed by atoms with van der Waals surface area (Å²) >= 11 is 0. The van der Waals surface area contributed by atoms with Gasteiger partial charge < -0.3 is 10.2 Å². The Balaban J connectivity index is 1.13. The summed E-state index contributed by atoms with van der Waals surface area (Å²) in [5.41, 5.74) is 0.462. The first kappa shape index (κ1) is 24.9. The number of hydrogen-bond acceptors (Lipinski definition) is 8. The molecule has 0 saturated carbocycles. The molecular formula is C26H35N7O2S. The minimum Gasteiger partial charge on any atom is -0.356 e. The van der Waals surface area contributed by atoms with E-state index in [0.29, 0.717) is 36.7 Å². The number of nitriles is 1. The standard InChI is InChI=1S/C26H35N7O2S/c27-19-21-5-7-24(8-6-21)36(34,35)33-17-11-23(12-18-33)32-16-10-22(20-32)29-26-28-13-9-25(30-26)31-14-3-1-2-4-15-31/h5-9,13,22-23H,1-4,10-12,14-18,20H2,(H,28,29,30). The van der Waals surface area contributed by atoms with E-state index in [2.05, 4.69) is 20.1 Å². The molecule has 0 radical (unpaired) electrons. The third-order valence-corrected chi connectivity index (χ3v) is 9.60. The zero-order valence-corrected chi connectivity index (χ0v) is 21.5. The lowest BCUT2D eigenvalue weighted by Crippen LogP contribution is -2.46. The first-order valence-electron chi connectivity index (χ1n) is 13.1. The van der Waals surface area contributed by atoms with Gasteiger partial charge in [-0.1, -0.05) is 12.8 Å². The van der Waals surface area contributed by atoms with Crippen LogP contribution in [0.5, 0.6) is 0 Å². The minimum atomic E-state index is -3.53. The number of hydrogen-bond donors (Lipinski definition) is 1. The largest absolute Gasteiger partial charge is 0.356 e. The summed E-state index contributed by atoms with van der Waals surface area (Å²) in [5.74, 6) is 1.71. The lowest BCUT2D eigenvalue weighted by molar-refractivity contribution is 0.167. The third-order valence-electron chi connectivity index (χ3n) is 7.68. The molecule has 0 aliphatic carbocycles. The van der Waals surface area contributed by atoms with Gasteiger partial charge in [-0.25, -0.2) is 13.4 Å². The molecule has 1 N–H and O–H groups in total. The maximum absolute atomic E-state index is 13.0. The zero-order valence-electron chi connectivity index (χ0n) is 20.7. The van der Waals surface area contributed by atoms with E-state index in [1.807, 2.05) is 18.3 Å². The SMILES string of the molecule is N#Cc1ccc(S(=O)(=O)N2CCC(N3CCC(Nc4nccc(N5CCCCCC5)n4)C3)CC2)cc1. The number of likely N-dealkylation sites (tertiary alicyclic amines) is 1. The Hall–Kier alpha value is -2.74. The Labute approximate surface area is 214 Å². The lowest BCUT2D eigenvalue weighted by atomic mass is 10.1. The highest BCUT2D eigenvalue weighted by Crippen LogP contribution is 2.27. The van der Waals surface area contributed by atoms with E-state index in [4.69, 9.17) is 10.2 Å². The van der Waals surface area contributed by atoms with Crippen LogP contribution < -0.4 is 10.2 Å². The first-order valence-corrected chi connectivity index (χ1v) is 14.6. The van der Waals surface area contributed by atoms with E-state index in [-0.39, 0.29) is 4.90 Å². The molecule has 1 atom stereocenters. The smallest absolute Gasteiger partial charge is 0.243 e. The van der Waals surface area contributed by atoms with Gasteiger partial charge in [0.2, 0.25) is 16.0 Å². The predicted octanol–water partition coefficient (Wildman–Crippen LogP) is 3.07. The number of nitrogens with one attached hydrogen (secondary N) is 1. The molecule has 1 unspecified atom stereocenters. The summed E-state index contributed by atoms with van der Waals surface area (Å²) in [7, 11) is -3.53. The van der Waals surface area contributed by atoms with Crippen LogP contribution in [0.1, 0.15) is 50.5 Å². The van der Waals surface area contributed by atoms with Gasteiger partial charge >= 0.3 is 0 Å². The average molecular weight is 510 g/mol. The quantitative estimate of drug-likeness (QED) is 0.633. The summed E-state index contributed by atoms with van der Waals surface area (Å²) in [6.07, 6.45) is 9.56.